The van der Waals surface area contributed by atoms with Crippen LogP contribution in [0.2, 0.25) is 0 Å². The Kier molecular flexibility index (Phi) is 47.7. The second kappa shape index (κ2) is 43.6. The number of ether oxygens (including phenoxy) is 6. The van der Waals surface area contributed by atoms with Crippen LogP contribution in [-0.4, -0.2) is 57.1 Å². The van der Waals surface area contributed by atoms with Gasteiger partial charge >= 0.3 is 0 Å². The zero-order chi connectivity index (χ0) is 37.7. The second-order valence-electron chi connectivity index (χ2n) is 8.99. The number of aliphatic hydroxyl groups is 1. The molecular weight excluding hydrogens is 806 g/mol. The minimum Gasteiger partial charge on any atom is -0.522 e. The number of rotatable bonds is 10. The Bertz CT molecular complexity index is 1180. The Morgan fingerprint density at radius 1 is 0.635 bits per heavy atom. The van der Waals surface area contributed by atoms with E-state index in [9.17, 15) is 5.11 Å². The summed E-state index contributed by atoms with van der Waals surface area (Å²) in [6.45, 7) is 20.6. The molecule has 52 heavy (non-hydrogen) atoms. The summed E-state index contributed by atoms with van der Waals surface area (Å²) in [6.07, 6.45) is 1.67. The Labute approximate surface area is 367 Å². The molecule has 3 atom stereocenters. The molecule has 1 N–H and O–H groups in total. The van der Waals surface area contributed by atoms with Crippen LogP contribution < -0.4 is 18.9 Å². The molecule has 286 valence electrons. The van der Waals surface area contributed by atoms with Gasteiger partial charge in [0.05, 0.1) is 26.4 Å². The summed E-state index contributed by atoms with van der Waals surface area (Å²) >= 11 is 0. The van der Waals surface area contributed by atoms with E-state index in [0.717, 1.165) is 49.1 Å². The fourth-order valence-electron chi connectivity index (χ4n) is 3.02. The Balaban J connectivity index is -0.000000275. The molecule has 2 heterocycles. The van der Waals surface area contributed by atoms with E-state index in [4.69, 9.17) is 28.4 Å². The van der Waals surface area contributed by atoms with Crippen molar-refractivity contribution in [2.75, 3.05) is 33.5 Å². The van der Waals surface area contributed by atoms with Crippen LogP contribution >= 0.6 is 0 Å². The van der Waals surface area contributed by atoms with E-state index >= 15 is 0 Å². The van der Waals surface area contributed by atoms with Gasteiger partial charge in [0.25, 0.3) is 0 Å². The summed E-state index contributed by atoms with van der Waals surface area (Å²) in [6, 6.07) is 41.1. The summed E-state index contributed by atoms with van der Waals surface area (Å²) in [5.74, 6) is 3.40. The fraction of sp³-hybridized carbons (Fsp3) is 0.442. The van der Waals surface area contributed by atoms with Crippen LogP contribution in [0.15, 0.2) is 97.1 Å². The first kappa shape index (κ1) is 56.9. The molecule has 2 radical (unpaired) electrons. The van der Waals surface area contributed by atoms with Crippen LogP contribution in [0.25, 0.3) is 0 Å². The molecule has 2 saturated heterocycles. The summed E-state index contributed by atoms with van der Waals surface area (Å²) in [7, 11) is 1.65. The van der Waals surface area contributed by atoms with Crippen LogP contribution in [0.4, 0.5) is 0 Å². The van der Waals surface area contributed by atoms with Gasteiger partial charge in [-0.05, 0) is 6.42 Å². The number of hydrogen-bond donors (Lipinski definition) is 1. The van der Waals surface area contributed by atoms with Crippen molar-refractivity contribution in [1.82, 2.24) is 0 Å². The summed E-state index contributed by atoms with van der Waals surface area (Å²) in [5.41, 5.74) is 0. The first-order valence-corrected chi connectivity index (χ1v) is 17.9. The molecule has 0 amide bonds. The predicted molar refractivity (Wildman–Crippen MR) is 205 cm³/mol. The van der Waals surface area contributed by atoms with Gasteiger partial charge in [-0.3, -0.25) is 0 Å². The topological polar surface area (TPSA) is 78.9 Å². The van der Waals surface area contributed by atoms with Crippen molar-refractivity contribution < 1.29 is 98.9 Å². The van der Waals surface area contributed by atoms with Crippen molar-refractivity contribution in [3.63, 3.8) is 0 Å². The van der Waals surface area contributed by atoms with E-state index in [1.807, 2.05) is 147 Å². The van der Waals surface area contributed by atoms with Crippen LogP contribution in [0.5, 0.6) is 23.0 Å². The van der Waals surface area contributed by atoms with Crippen molar-refractivity contribution in [2.24, 2.45) is 0 Å². The molecule has 0 bridgehead atoms. The third kappa shape index (κ3) is 32.8. The van der Waals surface area contributed by atoms with Gasteiger partial charge < -0.3 is 33.5 Å². The average Bonchev–Trinajstić information content (AvgIpc) is 4.05. The smallest absolute Gasteiger partial charge is 0.198 e. The summed E-state index contributed by atoms with van der Waals surface area (Å²) < 4.78 is 31.1. The molecule has 7 nitrogen and oxygen atoms in total. The van der Waals surface area contributed by atoms with E-state index in [1.165, 1.54) is 0 Å². The van der Waals surface area contributed by atoms with Crippen molar-refractivity contribution in [3.8, 4) is 23.0 Å². The molecule has 0 spiro atoms. The maximum absolute atomic E-state index is 9.19. The molecule has 0 aromatic heterocycles. The Morgan fingerprint density at radius 2 is 1.00 bits per heavy atom. The van der Waals surface area contributed by atoms with Gasteiger partial charge in [-0.25, -0.2) is 0 Å². The molecule has 9 heteroatoms. The maximum Gasteiger partial charge on any atom is 0.198 e. The van der Waals surface area contributed by atoms with Crippen LogP contribution in [0, 0.1) is 24.3 Å². The van der Waals surface area contributed by atoms with Crippen molar-refractivity contribution >= 4 is 0 Å². The molecule has 2 aliphatic heterocycles. The largest absolute Gasteiger partial charge is 0.522 e. The molecular formula is C43H62O7Y2-4. The van der Waals surface area contributed by atoms with Gasteiger partial charge in [0.2, 0.25) is 0 Å². The van der Waals surface area contributed by atoms with Gasteiger partial charge in [-0.1, -0.05) is 62.3 Å². The van der Waals surface area contributed by atoms with E-state index < -0.39 is 0 Å². The SMILES string of the molecule is CC.CC.CC.CC.CCC(O)COc1cc[c-]cc1.COc1cc[c-]cc1.[Y].[Y].[c-]1ccc(OC2CCO2)cc1.[c-]1ccc(OCC2CO2)cc1. The number of hydrogen-bond acceptors (Lipinski definition) is 7. The molecule has 0 saturated carbocycles. The minimum absolute atomic E-state index is 0. The third-order valence-electron chi connectivity index (χ3n) is 5.66. The number of methoxy groups -OCH3 is 1. The molecule has 4 aromatic carbocycles. The molecule has 3 unspecified atom stereocenters. The van der Waals surface area contributed by atoms with Gasteiger partial charge in [0.15, 0.2) is 6.29 Å². The Hall–Kier alpha value is -1.83. The third-order valence-corrected chi connectivity index (χ3v) is 5.66. The quantitative estimate of drug-likeness (QED) is 0.126. The number of epoxide rings is 1. The molecule has 2 fully saturated rings. The first-order valence-electron chi connectivity index (χ1n) is 17.9. The summed E-state index contributed by atoms with van der Waals surface area (Å²) in [4.78, 5) is 0. The Morgan fingerprint density at radius 3 is 1.31 bits per heavy atom. The zero-order valence-electron chi connectivity index (χ0n) is 33.3. The van der Waals surface area contributed by atoms with Crippen molar-refractivity contribution in [3.05, 3.63) is 121 Å². The monoisotopic (exact) mass is 868 g/mol. The van der Waals surface area contributed by atoms with Gasteiger partial charge in [-0.15, -0.1) is 48.5 Å². The number of benzene rings is 4. The predicted octanol–water partition coefficient (Wildman–Crippen LogP) is 10.1. The normalized spacial score (nSPS) is 13.9. The van der Waals surface area contributed by atoms with Gasteiger partial charge in [0.1, 0.15) is 19.3 Å². The van der Waals surface area contributed by atoms with E-state index in [-0.39, 0.29) is 77.8 Å². The second-order valence-corrected chi connectivity index (χ2v) is 8.99. The van der Waals surface area contributed by atoms with E-state index in [1.54, 1.807) is 19.2 Å². The fourth-order valence-corrected chi connectivity index (χ4v) is 3.02. The first-order chi connectivity index (χ1) is 24.7. The average molecular weight is 869 g/mol. The van der Waals surface area contributed by atoms with Gasteiger partial charge in [0, 0.05) is 94.8 Å². The molecule has 0 aliphatic carbocycles. The molecule has 2 aliphatic rings. The van der Waals surface area contributed by atoms with Crippen molar-refractivity contribution in [1.29, 1.82) is 0 Å². The summed E-state index contributed by atoms with van der Waals surface area (Å²) in [5, 5.41) is 9.19. The number of aliphatic hydroxyl groups excluding tert-OH is 1. The maximum atomic E-state index is 9.19. The van der Waals surface area contributed by atoms with E-state index in [2.05, 4.69) is 24.3 Å². The van der Waals surface area contributed by atoms with Crippen LogP contribution in [0.1, 0.15) is 75.2 Å². The molecule has 4 aromatic rings. The standard InChI is InChI=1S/C10H13O2.2C9H9O2.C7H7O.4C2H6.2Y/c1-2-9(11)8-12-10-6-4-3-5-7-10;1-2-4-8(5-3-1)10-6-9-7-11-9;1-2-4-8(5-3-1)11-9-6-7-10-9;1-8-7-5-3-2-4-6-7;4*1-2;;/h4-7,9,11H,2,8H2,1H3;2*2-5,9H,6-7H2;3-6H,1H3;4*1-2H3;;/q4*-1;;;;;;. The zero-order valence-corrected chi connectivity index (χ0v) is 38.9. The molecule has 6 rings (SSSR count). The van der Waals surface area contributed by atoms with Gasteiger partial charge in [-0.2, -0.15) is 72.8 Å². The van der Waals surface area contributed by atoms with E-state index in [0.29, 0.717) is 19.3 Å². The van der Waals surface area contributed by atoms with Crippen LogP contribution in [0.3, 0.4) is 0 Å². The van der Waals surface area contributed by atoms with Crippen LogP contribution in [-0.2, 0) is 74.9 Å². The minimum atomic E-state index is -0.366. The van der Waals surface area contributed by atoms with Crippen molar-refractivity contribution in [2.45, 2.75) is 93.7 Å².